The van der Waals surface area contributed by atoms with Crippen molar-refractivity contribution in [3.8, 4) is 0 Å². The van der Waals surface area contributed by atoms with E-state index in [1.807, 2.05) is 23.1 Å². The van der Waals surface area contributed by atoms with Crippen LogP contribution in [0.4, 0.5) is 0 Å². The van der Waals surface area contributed by atoms with Gasteiger partial charge < -0.3 is 5.32 Å². The zero-order valence-corrected chi connectivity index (χ0v) is 10.4. The normalized spacial score (nSPS) is 21.7. The van der Waals surface area contributed by atoms with Gasteiger partial charge in [0.15, 0.2) is 0 Å². The molecule has 1 aliphatic heterocycles. The zero-order chi connectivity index (χ0) is 10.3. The fourth-order valence-corrected chi connectivity index (χ4v) is 4.19. The summed E-state index contributed by atoms with van der Waals surface area (Å²) in [7, 11) is 0. The van der Waals surface area contributed by atoms with Crippen LogP contribution in [0.3, 0.4) is 0 Å². The van der Waals surface area contributed by atoms with Crippen molar-refractivity contribution >= 4 is 23.5 Å². The Bertz CT molecular complexity index is 258. The van der Waals surface area contributed by atoms with E-state index in [4.69, 9.17) is 0 Å². The lowest BCUT2D eigenvalue weighted by Gasteiger charge is -2.21. The minimum Gasteiger partial charge on any atom is -0.314 e. The van der Waals surface area contributed by atoms with E-state index >= 15 is 0 Å². The fraction of sp³-hybridized carbons (Fsp3) is 0.700. The summed E-state index contributed by atoms with van der Waals surface area (Å²) in [4.78, 5) is 0. The lowest BCUT2D eigenvalue weighted by molar-refractivity contribution is 0.556. The molecule has 0 amide bonds. The van der Waals surface area contributed by atoms with Crippen LogP contribution >= 0.6 is 23.5 Å². The number of thioether (sulfide) groups is 2. The van der Waals surface area contributed by atoms with Gasteiger partial charge in [-0.1, -0.05) is 0 Å². The Hall–Kier alpha value is -0.130. The van der Waals surface area contributed by atoms with E-state index < -0.39 is 0 Å². The van der Waals surface area contributed by atoms with Gasteiger partial charge in [-0.15, -0.1) is 0 Å². The van der Waals surface area contributed by atoms with Gasteiger partial charge in [0.2, 0.25) is 0 Å². The topological polar surface area (TPSA) is 29.9 Å². The molecule has 0 spiro atoms. The maximum atomic E-state index is 4.17. The minimum atomic E-state index is 0.807. The van der Waals surface area contributed by atoms with E-state index in [-0.39, 0.29) is 0 Å². The number of nitrogens with zero attached hydrogens (tertiary/aromatic N) is 2. The first-order valence-electron chi connectivity index (χ1n) is 5.32. The molecule has 2 rings (SSSR count). The van der Waals surface area contributed by atoms with Gasteiger partial charge in [0, 0.05) is 48.0 Å². The summed E-state index contributed by atoms with van der Waals surface area (Å²) >= 11 is 4.19. The molecule has 1 aromatic rings. The number of hydrogen-bond donors (Lipinski definition) is 1. The van der Waals surface area contributed by atoms with Gasteiger partial charge in [0.25, 0.3) is 0 Å². The molecule has 1 aliphatic rings. The highest BCUT2D eigenvalue weighted by atomic mass is 32.2. The first-order chi connectivity index (χ1) is 7.45. The molecule has 1 fully saturated rings. The van der Waals surface area contributed by atoms with E-state index in [0.717, 1.165) is 24.9 Å². The van der Waals surface area contributed by atoms with Crippen molar-refractivity contribution in [2.45, 2.75) is 11.8 Å². The molecule has 1 unspecified atom stereocenters. The van der Waals surface area contributed by atoms with E-state index in [1.165, 1.54) is 17.3 Å². The van der Waals surface area contributed by atoms with Crippen LogP contribution in [0.2, 0.25) is 0 Å². The average Bonchev–Trinajstić information content (AvgIpc) is 2.79. The third-order valence-corrected chi connectivity index (χ3v) is 5.18. The number of aromatic nitrogens is 2. The van der Waals surface area contributed by atoms with Crippen LogP contribution < -0.4 is 5.32 Å². The second-order valence-corrected chi connectivity index (χ2v) is 6.10. The van der Waals surface area contributed by atoms with Crippen LogP contribution in [-0.2, 0) is 6.54 Å². The van der Waals surface area contributed by atoms with Crippen molar-refractivity contribution in [1.82, 2.24) is 15.1 Å². The Kier molecular flexibility index (Phi) is 4.89. The fourth-order valence-electron chi connectivity index (χ4n) is 1.54. The highest BCUT2D eigenvalue weighted by molar-refractivity contribution is 8.06. The van der Waals surface area contributed by atoms with E-state index in [9.17, 15) is 0 Å². The summed E-state index contributed by atoms with van der Waals surface area (Å²) in [5, 5.41) is 8.47. The van der Waals surface area contributed by atoms with Gasteiger partial charge >= 0.3 is 0 Å². The van der Waals surface area contributed by atoms with Gasteiger partial charge in [-0.3, -0.25) is 4.68 Å². The van der Waals surface area contributed by atoms with Gasteiger partial charge in [-0.2, -0.15) is 28.6 Å². The monoisotopic (exact) mass is 243 g/mol. The van der Waals surface area contributed by atoms with Gasteiger partial charge in [0.05, 0.1) is 6.54 Å². The van der Waals surface area contributed by atoms with E-state index in [2.05, 4.69) is 33.9 Å². The molecule has 1 saturated heterocycles. The first kappa shape index (κ1) is 11.4. The third-order valence-electron chi connectivity index (χ3n) is 2.33. The molecule has 2 heterocycles. The lowest BCUT2D eigenvalue weighted by Crippen LogP contribution is -2.31. The van der Waals surface area contributed by atoms with Crippen LogP contribution in [0.25, 0.3) is 0 Å². The highest BCUT2D eigenvalue weighted by Crippen LogP contribution is 2.23. The molecule has 0 bridgehead atoms. The smallest absolute Gasteiger partial charge is 0.0533 e. The van der Waals surface area contributed by atoms with Crippen molar-refractivity contribution in [2.24, 2.45) is 0 Å². The quantitative estimate of drug-likeness (QED) is 0.790. The van der Waals surface area contributed by atoms with Crippen molar-refractivity contribution in [2.75, 3.05) is 30.3 Å². The summed E-state index contributed by atoms with van der Waals surface area (Å²) in [5.41, 5.74) is 0. The van der Waals surface area contributed by atoms with Gasteiger partial charge in [0.1, 0.15) is 0 Å². The Balaban J connectivity index is 1.54. The van der Waals surface area contributed by atoms with Crippen LogP contribution in [0.5, 0.6) is 0 Å². The van der Waals surface area contributed by atoms with Crippen molar-refractivity contribution < 1.29 is 0 Å². The maximum absolute atomic E-state index is 4.17. The molecule has 3 nitrogen and oxygen atoms in total. The Labute approximate surface area is 99.4 Å². The van der Waals surface area contributed by atoms with E-state index in [0.29, 0.717) is 0 Å². The summed E-state index contributed by atoms with van der Waals surface area (Å²) in [5.74, 6) is 3.95. The summed E-state index contributed by atoms with van der Waals surface area (Å²) in [6.45, 7) is 3.12. The standard InChI is InChI=1S/C10H17N3S2/c1-2-12-13(4-1)5-3-11-8-10-9-14-6-7-15-10/h1-2,4,10-11H,3,5-9H2. The molecular formula is C10H17N3S2. The molecule has 84 valence electrons. The third kappa shape index (κ3) is 4.09. The average molecular weight is 243 g/mol. The number of rotatable bonds is 5. The SMILES string of the molecule is c1cnn(CCNCC2CSCCS2)c1. The molecule has 1 atom stereocenters. The Morgan fingerprint density at radius 1 is 1.47 bits per heavy atom. The molecule has 5 heteroatoms. The number of hydrogen-bond acceptors (Lipinski definition) is 4. The summed E-state index contributed by atoms with van der Waals surface area (Å²) in [6, 6.07) is 1.97. The van der Waals surface area contributed by atoms with Crippen molar-refractivity contribution in [3.05, 3.63) is 18.5 Å². The van der Waals surface area contributed by atoms with Gasteiger partial charge in [-0.05, 0) is 6.07 Å². The largest absolute Gasteiger partial charge is 0.314 e. The first-order valence-corrected chi connectivity index (χ1v) is 7.53. The second kappa shape index (κ2) is 6.45. The summed E-state index contributed by atoms with van der Waals surface area (Å²) < 4.78 is 1.97. The predicted molar refractivity (Wildman–Crippen MR) is 68.7 cm³/mol. The predicted octanol–water partition coefficient (Wildman–Crippen LogP) is 1.32. The van der Waals surface area contributed by atoms with E-state index in [1.54, 1.807) is 0 Å². The summed E-state index contributed by atoms with van der Waals surface area (Å²) in [6.07, 6.45) is 3.83. The zero-order valence-electron chi connectivity index (χ0n) is 8.76. The molecule has 1 N–H and O–H groups in total. The molecule has 0 radical (unpaired) electrons. The molecule has 0 aromatic carbocycles. The van der Waals surface area contributed by atoms with Gasteiger partial charge in [-0.25, -0.2) is 0 Å². The Morgan fingerprint density at radius 3 is 3.20 bits per heavy atom. The van der Waals surface area contributed by atoms with Crippen LogP contribution in [0.1, 0.15) is 0 Å². The van der Waals surface area contributed by atoms with Crippen molar-refractivity contribution in [1.29, 1.82) is 0 Å². The second-order valence-electron chi connectivity index (χ2n) is 3.54. The highest BCUT2D eigenvalue weighted by Gasteiger charge is 2.12. The molecule has 0 saturated carbocycles. The minimum absolute atomic E-state index is 0.807. The van der Waals surface area contributed by atoms with Crippen molar-refractivity contribution in [3.63, 3.8) is 0 Å². The lowest BCUT2D eigenvalue weighted by atomic mass is 10.4. The maximum Gasteiger partial charge on any atom is 0.0533 e. The van der Waals surface area contributed by atoms with Crippen LogP contribution in [0, 0.1) is 0 Å². The Morgan fingerprint density at radius 2 is 2.47 bits per heavy atom. The molecular weight excluding hydrogens is 226 g/mol. The molecule has 15 heavy (non-hydrogen) atoms. The van der Waals surface area contributed by atoms with Crippen LogP contribution in [0.15, 0.2) is 18.5 Å². The van der Waals surface area contributed by atoms with Crippen LogP contribution in [-0.4, -0.2) is 45.4 Å². The number of nitrogens with one attached hydrogen (secondary N) is 1. The molecule has 1 aromatic heterocycles. The molecule has 0 aliphatic carbocycles.